The molecule has 4 rings (SSSR count). The van der Waals surface area contributed by atoms with E-state index in [1.807, 2.05) is 6.92 Å². The van der Waals surface area contributed by atoms with E-state index < -0.39 is 16.1 Å². The Morgan fingerprint density at radius 1 is 0.941 bits per heavy atom. The van der Waals surface area contributed by atoms with Crippen molar-refractivity contribution in [2.24, 2.45) is 0 Å². The fourth-order valence-corrected chi connectivity index (χ4v) is 5.22. The summed E-state index contributed by atoms with van der Waals surface area (Å²) in [6.45, 7) is 1.89. The Balaban J connectivity index is 1.49. The molecule has 0 atom stereocenters. The summed E-state index contributed by atoms with van der Waals surface area (Å²) in [6, 6.07) is 16.3. The molecule has 0 saturated heterocycles. The predicted octanol–water partition coefficient (Wildman–Crippen LogP) is 5.07. The van der Waals surface area contributed by atoms with Gasteiger partial charge in [0.15, 0.2) is 5.13 Å². The number of amides is 2. The summed E-state index contributed by atoms with van der Waals surface area (Å²) in [5.41, 5.74) is 2.45. The molecular formula is C23H22N4O5S2. The van der Waals surface area contributed by atoms with Crippen LogP contribution in [-0.4, -0.2) is 33.7 Å². The number of hydrogen-bond acceptors (Lipinski definition) is 7. The number of hydrogen-bond donors (Lipinski definition) is 3. The number of carbonyl (C=O) groups is 1. The van der Waals surface area contributed by atoms with E-state index in [9.17, 15) is 13.2 Å². The number of urea groups is 1. The number of rotatable bonds is 7. The average Bonchev–Trinajstić information content (AvgIpc) is 3.20. The second-order valence-corrected chi connectivity index (χ2v) is 9.98. The highest BCUT2D eigenvalue weighted by atomic mass is 32.2. The summed E-state index contributed by atoms with van der Waals surface area (Å²) in [7, 11) is -0.721. The van der Waals surface area contributed by atoms with Gasteiger partial charge in [-0.05, 0) is 49.4 Å². The van der Waals surface area contributed by atoms with Crippen molar-refractivity contribution in [1.29, 1.82) is 0 Å². The lowest BCUT2D eigenvalue weighted by Crippen LogP contribution is -2.19. The Labute approximate surface area is 200 Å². The second kappa shape index (κ2) is 9.57. The van der Waals surface area contributed by atoms with Crippen molar-refractivity contribution in [3.05, 3.63) is 66.2 Å². The average molecular weight is 499 g/mol. The van der Waals surface area contributed by atoms with E-state index in [0.717, 1.165) is 10.3 Å². The molecule has 2 amide bonds. The first-order chi connectivity index (χ1) is 16.3. The van der Waals surface area contributed by atoms with Crippen molar-refractivity contribution < 1.29 is 22.7 Å². The normalized spacial score (nSPS) is 11.1. The minimum Gasteiger partial charge on any atom is -0.497 e. The van der Waals surface area contributed by atoms with E-state index >= 15 is 0 Å². The zero-order valence-electron chi connectivity index (χ0n) is 18.6. The molecule has 0 aliphatic rings. The van der Waals surface area contributed by atoms with Gasteiger partial charge < -0.3 is 20.1 Å². The number of methoxy groups -OCH3 is 2. The smallest absolute Gasteiger partial charge is 0.323 e. The third kappa shape index (κ3) is 5.21. The standard InChI is InChI=1S/C23H22N4O5S2/c1-14-4-8-17(9-5-14)34(29,30)27-23-26-19-12-15(6-11-21(19)33-23)24-22(28)25-18-13-16(31-2)7-10-20(18)32-3/h4-13H,1-3H3,(H,26,27)(H2,24,25,28). The minimum absolute atomic E-state index is 0.157. The highest BCUT2D eigenvalue weighted by molar-refractivity contribution is 7.93. The third-order valence-electron chi connectivity index (χ3n) is 4.85. The maximum absolute atomic E-state index is 12.6. The van der Waals surface area contributed by atoms with E-state index in [1.54, 1.807) is 60.7 Å². The molecule has 0 fully saturated rings. The van der Waals surface area contributed by atoms with Crippen LogP contribution < -0.4 is 24.8 Å². The molecule has 0 aliphatic carbocycles. The van der Waals surface area contributed by atoms with Crippen molar-refractivity contribution in [1.82, 2.24) is 4.98 Å². The Hall–Kier alpha value is -3.83. The Kier molecular flexibility index (Phi) is 6.57. The van der Waals surface area contributed by atoms with E-state index in [1.165, 1.54) is 25.6 Å². The molecule has 3 aromatic carbocycles. The molecule has 4 aromatic rings. The first-order valence-corrected chi connectivity index (χ1v) is 12.4. The number of benzene rings is 3. The van der Waals surface area contributed by atoms with Gasteiger partial charge in [0, 0.05) is 11.8 Å². The highest BCUT2D eigenvalue weighted by Gasteiger charge is 2.17. The minimum atomic E-state index is -3.76. The maximum Gasteiger partial charge on any atom is 0.323 e. The first kappa shape index (κ1) is 23.3. The van der Waals surface area contributed by atoms with Gasteiger partial charge in [-0.25, -0.2) is 18.2 Å². The Bertz CT molecular complexity index is 1450. The molecule has 0 unspecified atom stereocenters. The fourth-order valence-electron chi connectivity index (χ4n) is 3.14. The molecule has 0 spiro atoms. The van der Waals surface area contributed by atoms with Gasteiger partial charge in [0.05, 0.1) is 35.0 Å². The molecule has 176 valence electrons. The van der Waals surface area contributed by atoms with Crippen molar-refractivity contribution >= 4 is 54.1 Å². The molecule has 1 aromatic heterocycles. The highest BCUT2D eigenvalue weighted by Crippen LogP contribution is 2.31. The van der Waals surface area contributed by atoms with Gasteiger partial charge >= 0.3 is 6.03 Å². The monoisotopic (exact) mass is 498 g/mol. The van der Waals surface area contributed by atoms with Crippen LogP contribution in [0.5, 0.6) is 11.5 Å². The predicted molar refractivity (Wildman–Crippen MR) is 134 cm³/mol. The summed E-state index contributed by atoms with van der Waals surface area (Å²) < 4.78 is 39.0. The molecule has 0 radical (unpaired) electrons. The molecule has 3 N–H and O–H groups in total. The second-order valence-electron chi connectivity index (χ2n) is 7.27. The summed E-state index contributed by atoms with van der Waals surface area (Å²) in [6.07, 6.45) is 0. The largest absolute Gasteiger partial charge is 0.497 e. The molecule has 0 bridgehead atoms. The summed E-state index contributed by atoms with van der Waals surface area (Å²) >= 11 is 1.20. The van der Waals surface area contributed by atoms with Crippen LogP contribution in [0.15, 0.2) is 65.6 Å². The quantitative estimate of drug-likeness (QED) is 0.327. The van der Waals surface area contributed by atoms with Gasteiger partial charge in [0.1, 0.15) is 11.5 Å². The van der Waals surface area contributed by atoms with Crippen molar-refractivity contribution in [2.75, 3.05) is 29.6 Å². The van der Waals surface area contributed by atoms with Crippen LogP contribution in [0.25, 0.3) is 10.2 Å². The zero-order valence-corrected chi connectivity index (χ0v) is 20.2. The van der Waals surface area contributed by atoms with Crippen LogP contribution in [-0.2, 0) is 10.0 Å². The van der Waals surface area contributed by atoms with E-state index in [0.29, 0.717) is 28.4 Å². The molecule has 0 saturated carbocycles. The lowest BCUT2D eigenvalue weighted by molar-refractivity contribution is 0.262. The van der Waals surface area contributed by atoms with Crippen LogP contribution in [0.4, 0.5) is 21.3 Å². The Morgan fingerprint density at radius 3 is 2.41 bits per heavy atom. The van der Waals surface area contributed by atoms with Crippen LogP contribution in [0.3, 0.4) is 0 Å². The van der Waals surface area contributed by atoms with Crippen LogP contribution >= 0.6 is 11.3 Å². The van der Waals surface area contributed by atoms with Gasteiger partial charge in [-0.3, -0.25) is 4.72 Å². The maximum atomic E-state index is 12.6. The number of aromatic nitrogens is 1. The first-order valence-electron chi connectivity index (χ1n) is 10.1. The summed E-state index contributed by atoms with van der Waals surface area (Å²) in [4.78, 5) is 17.1. The summed E-state index contributed by atoms with van der Waals surface area (Å²) in [5, 5.41) is 5.70. The van der Waals surface area contributed by atoms with Crippen LogP contribution in [0, 0.1) is 6.92 Å². The van der Waals surface area contributed by atoms with Gasteiger partial charge in [-0.15, -0.1) is 0 Å². The zero-order chi connectivity index (χ0) is 24.3. The fraction of sp³-hybridized carbons (Fsp3) is 0.130. The van der Waals surface area contributed by atoms with Gasteiger partial charge in [-0.2, -0.15) is 0 Å². The number of carbonyl (C=O) groups excluding carboxylic acids is 1. The molecule has 34 heavy (non-hydrogen) atoms. The summed E-state index contributed by atoms with van der Waals surface area (Å²) in [5.74, 6) is 1.05. The van der Waals surface area contributed by atoms with Gasteiger partial charge in [0.25, 0.3) is 10.0 Å². The molecule has 1 heterocycles. The van der Waals surface area contributed by atoms with E-state index in [4.69, 9.17) is 9.47 Å². The number of sulfonamides is 1. The van der Waals surface area contributed by atoms with Crippen LogP contribution in [0.1, 0.15) is 5.56 Å². The number of thiazole rings is 1. The lowest BCUT2D eigenvalue weighted by atomic mass is 10.2. The van der Waals surface area contributed by atoms with E-state index in [2.05, 4.69) is 20.3 Å². The van der Waals surface area contributed by atoms with Crippen molar-refractivity contribution in [3.8, 4) is 11.5 Å². The number of nitrogens with one attached hydrogen (secondary N) is 3. The molecule has 9 nitrogen and oxygen atoms in total. The lowest BCUT2D eigenvalue weighted by Gasteiger charge is -2.12. The van der Waals surface area contributed by atoms with Crippen molar-refractivity contribution in [3.63, 3.8) is 0 Å². The molecule has 11 heteroatoms. The SMILES string of the molecule is COc1ccc(OC)c(NC(=O)Nc2ccc3sc(NS(=O)(=O)c4ccc(C)cc4)nc3c2)c1. The third-order valence-corrected chi connectivity index (χ3v) is 7.29. The molecular weight excluding hydrogens is 476 g/mol. The number of ether oxygens (including phenoxy) is 2. The topological polar surface area (TPSA) is 119 Å². The molecule has 0 aliphatic heterocycles. The number of fused-ring (bicyclic) bond motifs is 1. The number of anilines is 3. The van der Waals surface area contributed by atoms with Crippen molar-refractivity contribution in [2.45, 2.75) is 11.8 Å². The van der Waals surface area contributed by atoms with Gasteiger partial charge in [-0.1, -0.05) is 29.0 Å². The number of aryl methyl sites for hydroxylation is 1. The number of nitrogens with zero attached hydrogens (tertiary/aromatic N) is 1. The Morgan fingerprint density at radius 2 is 1.71 bits per heavy atom. The van der Waals surface area contributed by atoms with E-state index in [-0.39, 0.29) is 10.0 Å². The van der Waals surface area contributed by atoms with Crippen LogP contribution in [0.2, 0.25) is 0 Å². The van der Waals surface area contributed by atoms with Gasteiger partial charge in [0.2, 0.25) is 0 Å².